The number of hydrogen-bond donors (Lipinski definition) is 0. The highest BCUT2D eigenvalue weighted by molar-refractivity contribution is 6.32. The van der Waals surface area contributed by atoms with E-state index >= 15 is 0 Å². The summed E-state index contributed by atoms with van der Waals surface area (Å²) >= 11 is 6.46. The van der Waals surface area contributed by atoms with Gasteiger partial charge < -0.3 is 9.80 Å². The van der Waals surface area contributed by atoms with Crippen LogP contribution in [0.5, 0.6) is 0 Å². The molecule has 158 valence electrons. The maximum absolute atomic E-state index is 9.26. The van der Waals surface area contributed by atoms with Gasteiger partial charge in [0.25, 0.3) is 0 Å². The van der Waals surface area contributed by atoms with Crippen LogP contribution in [-0.4, -0.2) is 25.7 Å². The molecule has 0 unspecified atom stereocenters. The van der Waals surface area contributed by atoms with Gasteiger partial charge in [-0.3, -0.25) is 0 Å². The van der Waals surface area contributed by atoms with Crippen molar-refractivity contribution in [2.75, 3.05) is 29.4 Å². The number of hydrogen-bond acceptors (Lipinski definition) is 3. The number of nitrogens with zero attached hydrogens (tertiary/aromatic N) is 3. The van der Waals surface area contributed by atoms with Gasteiger partial charge in [0, 0.05) is 37.1 Å². The molecule has 0 aliphatic carbocycles. The van der Waals surface area contributed by atoms with Crippen molar-refractivity contribution >= 4 is 23.0 Å². The van der Waals surface area contributed by atoms with Crippen LogP contribution in [0, 0.1) is 23.7 Å². The van der Waals surface area contributed by atoms with Crippen molar-refractivity contribution in [1.29, 1.82) is 5.26 Å². The van der Waals surface area contributed by atoms with E-state index < -0.39 is 0 Å². The quantitative estimate of drug-likeness (QED) is 0.564. The molecule has 0 aromatic heterocycles. The molecule has 2 aromatic carbocycles. The zero-order valence-electron chi connectivity index (χ0n) is 18.6. The molecule has 2 aromatic rings. The van der Waals surface area contributed by atoms with E-state index in [0.29, 0.717) is 28.0 Å². The van der Waals surface area contributed by atoms with Crippen LogP contribution >= 0.6 is 11.6 Å². The molecule has 0 radical (unpaired) electrons. The number of anilines is 2. The van der Waals surface area contributed by atoms with Crippen LogP contribution in [-0.2, 0) is 0 Å². The fraction of sp³-hybridized carbons (Fsp3) is 0.500. The van der Waals surface area contributed by atoms with Crippen molar-refractivity contribution in [1.82, 2.24) is 0 Å². The monoisotopic (exact) mass is 421 g/mol. The fourth-order valence-electron chi connectivity index (χ4n) is 5.39. The predicted molar refractivity (Wildman–Crippen MR) is 127 cm³/mol. The summed E-state index contributed by atoms with van der Waals surface area (Å²) in [6, 6.07) is 15.8. The lowest BCUT2D eigenvalue weighted by molar-refractivity contribution is 0.245. The third-order valence-corrected chi connectivity index (χ3v) is 7.79. The fourth-order valence-corrected chi connectivity index (χ4v) is 5.59. The van der Waals surface area contributed by atoms with Gasteiger partial charge in [0.1, 0.15) is 6.07 Å². The Morgan fingerprint density at radius 1 is 1.10 bits per heavy atom. The van der Waals surface area contributed by atoms with Crippen molar-refractivity contribution in [3.8, 4) is 6.07 Å². The molecule has 2 saturated heterocycles. The first-order chi connectivity index (χ1) is 14.3. The topological polar surface area (TPSA) is 30.3 Å². The van der Waals surface area contributed by atoms with Crippen molar-refractivity contribution in [2.24, 2.45) is 5.41 Å². The molecule has 0 saturated carbocycles. The van der Waals surface area contributed by atoms with Gasteiger partial charge in [-0.15, -0.1) is 0 Å². The molecular weight excluding hydrogens is 390 g/mol. The van der Waals surface area contributed by atoms with Crippen LogP contribution in [0.3, 0.4) is 0 Å². The first kappa shape index (κ1) is 21.1. The van der Waals surface area contributed by atoms with Crippen LogP contribution in [0.25, 0.3) is 0 Å². The van der Waals surface area contributed by atoms with Crippen molar-refractivity contribution in [2.45, 2.75) is 58.9 Å². The van der Waals surface area contributed by atoms with Crippen LogP contribution in [0.15, 0.2) is 36.4 Å². The van der Waals surface area contributed by atoms with Crippen LogP contribution < -0.4 is 9.80 Å². The molecule has 2 aliphatic rings. The maximum atomic E-state index is 9.26. The second-order valence-electron chi connectivity index (χ2n) is 9.60. The predicted octanol–water partition coefficient (Wildman–Crippen LogP) is 6.53. The van der Waals surface area contributed by atoms with E-state index in [2.05, 4.69) is 67.0 Å². The van der Waals surface area contributed by atoms with Gasteiger partial charge in [0.2, 0.25) is 0 Å². The average Bonchev–Trinajstić information content (AvgIpc) is 3.06. The standard InChI is InChI=1S/C26H32ClN3/c1-18(2)21-5-8-23(9-6-21)29-13-11-26(12-14-29)15-19(3)30(17-26)24-10-7-22(16-28)25(27)20(24)4/h5-10,18-19H,11-15,17H2,1-4H3/t19-/m0/s1. The number of nitriles is 1. The van der Waals surface area contributed by atoms with Gasteiger partial charge >= 0.3 is 0 Å². The molecule has 0 amide bonds. The highest BCUT2D eigenvalue weighted by Gasteiger charge is 2.44. The Balaban J connectivity index is 1.47. The molecular formula is C26H32ClN3. The summed E-state index contributed by atoms with van der Waals surface area (Å²) in [6.07, 6.45) is 3.68. The molecule has 1 spiro atoms. The molecule has 2 heterocycles. The molecule has 2 aliphatic heterocycles. The van der Waals surface area contributed by atoms with E-state index in [1.54, 1.807) is 0 Å². The lowest BCUT2D eigenvalue weighted by Gasteiger charge is -2.40. The Labute approximate surface area is 186 Å². The largest absolute Gasteiger partial charge is 0.371 e. The number of benzene rings is 2. The summed E-state index contributed by atoms with van der Waals surface area (Å²) in [5.41, 5.74) is 5.92. The molecule has 30 heavy (non-hydrogen) atoms. The average molecular weight is 422 g/mol. The van der Waals surface area contributed by atoms with Gasteiger partial charge in [-0.25, -0.2) is 0 Å². The Morgan fingerprint density at radius 2 is 1.77 bits per heavy atom. The smallest absolute Gasteiger partial charge is 0.101 e. The minimum absolute atomic E-state index is 0.376. The minimum Gasteiger partial charge on any atom is -0.371 e. The first-order valence-electron chi connectivity index (χ1n) is 11.1. The van der Waals surface area contributed by atoms with Gasteiger partial charge in [-0.1, -0.05) is 37.6 Å². The molecule has 4 rings (SSSR count). The molecule has 1 atom stereocenters. The second kappa shape index (κ2) is 8.16. The zero-order chi connectivity index (χ0) is 21.5. The second-order valence-corrected chi connectivity index (χ2v) is 9.98. The van der Waals surface area contributed by atoms with E-state index in [1.165, 1.54) is 36.2 Å². The van der Waals surface area contributed by atoms with Gasteiger partial charge in [0.15, 0.2) is 0 Å². The summed E-state index contributed by atoms with van der Waals surface area (Å²) in [5, 5.41) is 9.86. The molecule has 3 nitrogen and oxygen atoms in total. The lowest BCUT2D eigenvalue weighted by atomic mass is 9.76. The van der Waals surface area contributed by atoms with Gasteiger partial charge in [-0.2, -0.15) is 5.26 Å². The number of piperidine rings is 1. The van der Waals surface area contributed by atoms with Gasteiger partial charge in [-0.05, 0) is 79.8 Å². The van der Waals surface area contributed by atoms with Crippen molar-refractivity contribution < 1.29 is 0 Å². The van der Waals surface area contributed by atoms with Crippen LogP contribution in [0.4, 0.5) is 11.4 Å². The third-order valence-electron chi connectivity index (χ3n) is 7.30. The van der Waals surface area contributed by atoms with Crippen LogP contribution in [0.2, 0.25) is 5.02 Å². The third kappa shape index (κ3) is 3.79. The summed E-state index contributed by atoms with van der Waals surface area (Å²) in [4.78, 5) is 5.07. The van der Waals surface area contributed by atoms with Gasteiger partial charge in [0.05, 0.1) is 10.6 Å². The highest BCUT2D eigenvalue weighted by Crippen LogP contribution is 2.46. The van der Waals surface area contributed by atoms with E-state index in [0.717, 1.165) is 25.2 Å². The van der Waals surface area contributed by atoms with E-state index in [1.807, 2.05) is 13.0 Å². The summed E-state index contributed by atoms with van der Waals surface area (Å²) < 4.78 is 0. The Morgan fingerprint density at radius 3 is 2.37 bits per heavy atom. The Bertz CT molecular complexity index is 949. The Kier molecular flexibility index (Phi) is 5.73. The minimum atomic E-state index is 0.376. The van der Waals surface area contributed by atoms with E-state index in [-0.39, 0.29) is 0 Å². The maximum Gasteiger partial charge on any atom is 0.101 e. The summed E-state index contributed by atoms with van der Waals surface area (Å²) in [5.74, 6) is 0.578. The summed E-state index contributed by atoms with van der Waals surface area (Å²) in [7, 11) is 0. The summed E-state index contributed by atoms with van der Waals surface area (Å²) in [6.45, 7) is 12.2. The van der Waals surface area contributed by atoms with E-state index in [9.17, 15) is 5.26 Å². The number of rotatable bonds is 3. The van der Waals surface area contributed by atoms with Crippen molar-refractivity contribution in [3.63, 3.8) is 0 Å². The molecule has 2 fully saturated rings. The lowest BCUT2D eigenvalue weighted by Crippen LogP contribution is -2.41. The zero-order valence-corrected chi connectivity index (χ0v) is 19.3. The molecule has 0 bridgehead atoms. The normalized spacial score (nSPS) is 20.8. The Hall–Kier alpha value is -2.18. The highest BCUT2D eigenvalue weighted by atomic mass is 35.5. The van der Waals surface area contributed by atoms with E-state index in [4.69, 9.17) is 11.6 Å². The van der Waals surface area contributed by atoms with Crippen molar-refractivity contribution in [3.05, 3.63) is 58.1 Å². The van der Waals surface area contributed by atoms with Crippen LogP contribution in [0.1, 0.15) is 62.6 Å². The SMILES string of the molecule is Cc1c(N2CC3(CCN(c4ccc(C(C)C)cc4)CC3)C[C@@H]2C)ccc(C#N)c1Cl. The molecule has 4 heteroatoms. The first-order valence-corrected chi connectivity index (χ1v) is 11.5. The molecule has 0 N–H and O–H groups in total. The number of halogens is 1.